The van der Waals surface area contributed by atoms with Gasteiger partial charge in [-0.3, -0.25) is 14.9 Å². The first kappa shape index (κ1) is 22.3. The number of nitrogens with zero attached hydrogens (tertiary/aromatic N) is 4. The van der Waals surface area contributed by atoms with Gasteiger partial charge in [-0.15, -0.1) is 0 Å². The summed E-state index contributed by atoms with van der Waals surface area (Å²) in [6.45, 7) is 2.82. The van der Waals surface area contributed by atoms with Crippen LogP contribution in [0.1, 0.15) is 34.5 Å². The smallest absolute Gasteiger partial charge is 0.295 e. The molecule has 0 bridgehead atoms. The maximum atomic E-state index is 13.3. The monoisotopic (exact) mass is 442 g/mol. The molecule has 4 rings (SSSR count). The molecule has 1 aliphatic heterocycles. The SMILES string of the molecule is CN(O)C(=O)c1cc2c(COCCN3CCCC3O)cn(Cc3ccc(F)cc3)c2cn1. The molecule has 2 aromatic heterocycles. The van der Waals surface area contributed by atoms with E-state index in [-0.39, 0.29) is 11.5 Å². The normalized spacial score (nSPS) is 16.7. The van der Waals surface area contributed by atoms with Crippen molar-refractivity contribution in [3.8, 4) is 0 Å². The van der Waals surface area contributed by atoms with Gasteiger partial charge < -0.3 is 14.4 Å². The lowest BCUT2D eigenvalue weighted by Crippen LogP contribution is -2.32. The number of hydrogen-bond acceptors (Lipinski definition) is 6. The molecule has 1 unspecified atom stereocenters. The van der Waals surface area contributed by atoms with E-state index in [9.17, 15) is 19.5 Å². The van der Waals surface area contributed by atoms with Gasteiger partial charge >= 0.3 is 0 Å². The summed E-state index contributed by atoms with van der Waals surface area (Å²) in [5.41, 5.74) is 2.73. The molecule has 1 aliphatic rings. The van der Waals surface area contributed by atoms with E-state index in [2.05, 4.69) is 4.98 Å². The summed E-state index contributed by atoms with van der Waals surface area (Å²) in [6.07, 6.45) is 4.92. The van der Waals surface area contributed by atoms with E-state index in [0.29, 0.717) is 31.4 Å². The molecular weight excluding hydrogens is 415 g/mol. The van der Waals surface area contributed by atoms with Gasteiger partial charge in [-0.25, -0.2) is 14.4 Å². The van der Waals surface area contributed by atoms with Crippen molar-refractivity contribution >= 4 is 16.8 Å². The Labute approximate surface area is 185 Å². The highest BCUT2D eigenvalue weighted by molar-refractivity contribution is 5.96. The van der Waals surface area contributed by atoms with Crippen molar-refractivity contribution < 1.29 is 24.2 Å². The predicted octanol–water partition coefficient (Wildman–Crippen LogP) is 2.62. The number of likely N-dealkylation sites (tertiary alicyclic amines) is 1. The van der Waals surface area contributed by atoms with Gasteiger partial charge in [0.2, 0.25) is 0 Å². The number of rotatable bonds is 8. The topological polar surface area (TPSA) is 91.1 Å². The molecule has 170 valence electrons. The standard InChI is InChI=1S/C23H27FN4O4/c1-26(31)23(30)20-11-19-17(15-32-10-9-27-8-2-3-22(27)29)14-28(21(19)12-25-20)13-16-4-6-18(24)7-5-16/h4-7,11-12,14,22,29,31H,2-3,8-10,13,15H2,1H3. The van der Waals surface area contributed by atoms with Gasteiger partial charge in [-0.2, -0.15) is 0 Å². The lowest BCUT2D eigenvalue weighted by molar-refractivity contribution is -0.0379. The fourth-order valence-corrected chi connectivity index (χ4v) is 4.01. The molecule has 1 amide bonds. The van der Waals surface area contributed by atoms with Crippen molar-refractivity contribution in [2.45, 2.75) is 32.2 Å². The molecule has 0 spiro atoms. The summed E-state index contributed by atoms with van der Waals surface area (Å²) in [5.74, 6) is -0.894. The minimum Gasteiger partial charge on any atom is -0.378 e. The minimum atomic E-state index is -0.604. The zero-order chi connectivity index (χ0) is 22.7. The molecule has 0 aliphatic carbocycles. The zero-order valence-electron chi connectivity index (χ0n) is 17.9. The Hall–Kier alpha value is -2.85. The Balaban J connectivity index is 1.56. The zero-order valence-corrected chi connectivity index (χ0v) is 17.9. The van der Waals surface area contributed by atoms with Crippen LogP contribution in [0.2, 0.25) is 0 Å². The number of fused-ring (bicyclic) bond motifs is 1. The van der Waals surface area contributed by atoms with Crippen molar-refractivity contribution in [1.82, 2.24) is 19.5 Å². The van der Waals surface area contributed by atoms with Gasteiger partial charge in [0.15, 0.2) is 0 Å². The third-order valence-electron chi connectivity index (χ3n) is 5.74. The lowest BCUT2D eigenvalue weighted by Gasteiger charge is -2.19. The third kappa shape index (κ3) is 4.97. The fourth-order valence-electron chi connectivity index (χ4n) is 4.01. The number of aliphatic hydroxyl groups is 1. The molecule has 0 radical (unpaired) electrons. The van der Waals surface area contributed by atoms with Gasteiger partial charge in [0, 0.05) is 43.8 Å². The molecule has 1 atom stereocenters. The molecule has 3 heterocycles. The molecule has 0 saturated carbocycles. The second-order valence-corrected chi connectivity index (χ2v) is 8.04. The van der Waals surface area contributed by atoms with Crippen LogP contribution in [-0.2, 0) is 17.9 Å². The summed E-state index contributed by atoms with van der Waals surface area (Å²) in [7, 11) is 1.25. The number of benzene rings is 1. The Bertz CT molecular complexity index is 1080. The molecule has 32 heavy (non-hydrogen) atoms. The first-order valence-electron chi connectivity index (χ1n) is 10.6. The molecule has 1 fully saturated rings. The molecule has 2 N–H and O–H groups in total. The number of halogens is 1. The van der Waals surface area contributed by atoms with Crippen molar-refractivity contribution in [1.29, 1.82) is 0 Å². The number of carbonyl (C=O) groups excluding carboxylic acids is 1. The number of carbonyl (C=O) groups is 1. The van der Waals surface area contributed by atoms with Crippen LogP contribution in [0.5, 0.6) is 0 Å². The number of hydrogen-bond donors (Lipinski definition) is 2. The largest absolute Gasteiger partial charge is 0.378 e. The van der Waals surface area contributed by atoms with Gasteiger partial charge in [0.05, 0.1) is 24.9 Å². The fraction of sp³-hybridized carbons (Fsp3) is 0.391. The number of aliphatic hydroxyl groups excluding tert-OH is 1. The highest BCUT2D eigenvalue weighted by Crippen LogP contribution is 2.24. The van der Waals surface area contributed by atoms with Crippen LogP contribution in [0.4, 0.5) is 4.39 Å². The maximum Gasteiger partial charge on any atom is 0.295 e. The van der Waals surface area contributed by atoms with Crippen LogP contribution in [0, 0.1) is 5.82 Å². The van der Waals surface area contributed by atoms with Gasteiger partial charge in [0.25, 0.3) is 5.91 Å². The second kappa shape index (κ2) is 9.74. The summed E-state index contributed by atoms with van der Waals surface area (Å²) in [6, 6.07) is 7.94. The third-order valence-corrected chi connectivity index (χ3v) is 5.74. The highest BCUT2D eigenvalue weighted by Gasteiger charge is 2.21. The first-order valence-corrected chi connectivity index (χ1v) is 10.6. The van der Waals surface area contributed by atoms with Crippen molar-refractivity contribution in [3.05, 3.63) is 65.4 Å². The Kier molecular flexibility index (Phi) is 6.80. The van der Waals surface area contributed by atoms with E-state index < -0.39 is 12.1 Å². The van der Waals surface area contributed by atoms with Crippen LogP contribution in [0.25, 0.3) is 10.9 Å². The predicted molar refractivity (Wildman–Crippen MR) is 116 cm³/mol. The molecule has 8 nitrogen and oxygen atoms in total. The van der Waals surface area contributed by atoms with Crippen LogP contribution >= 0.6 is 0 Å². The van der Waals surface area contributed by atoms with E-state index in [1.807, 2.05) is 15.7 Å². The summed E-state index contributed by atoms with van der Waals surface area (Å²) < 4.78 is 21.1. The van der Waals surface area contributed by atoms with Gasteiger partial charge in [-0.05, 0) is 36.6 Å². The van der Waals surface area contributed by atoms with Crippen LogP contribution in [0.3, 0.4) is 0 Å². The second-order valence-electron chi connectivity index (χ2n) is 8.04. The van der Waals surface area contributed by atoms with Crippen molar-refractivity contribution in [3.63, 3.8) is 0 Å². The number of pyridine rings is 1. The van der Waals surface area contributed by atoms with E-state index in [4.69, 9.17) is 4.74 Å². The average molecular weight is 442 g/mol. The number of aromatic nitrogens is 2. The minimum absolute atomic E-state index is 0.128. The summed E-state index contributed by atoms with van der Waals surface area (Å²) in [5, 5.41) is 20.7. The van der Waals surface area contributed by atoms with Crippen molar-refractivity contribution in [2.24, 2.45) is 0 Å². The van der Waals surface area contributed by atoms with E-state index in [1.165, 1.54) is 19.2 Å². The summed E-state index contributed by atoms with van der Waals surface area (Å²) in [4.78, 5) is 18.4. The Morgan fingerprint density at radius 3 is 2.81 bits per heavy atom. The maximum absolute atomic E-state index is 13.3. The molecule has 1 saturated heterocycles. The average Bonchev–Trinajstić information content (AvgIpc) is 3.35. The lowest BCUT2D eigenvalue weighted by atomic mass is 10.2. The van der Waals surface area contributed by atoms with Crippen LogP contribution in [-0.4, -0.2) is 68.7 Å². The summed E-state index contributed by atoms with van der Waals surface area (Å²) >= 11 is 0. The molecule has 1 aromatic carbocycles. The molecule has 3 aromatic rings. The first-order chi connectivity index (χ1) is 15.4. The number of amides is 1. The van der Waals surface area contributed by atoms with E-state index in [1.54, 1.807) is 24.4 Å². The quantitative estimate of drug-likeness (QED) is 0.317. The molecular formula is C23H27FN4O4. The van der Waals surface area contributed by atoms with Gasteiger partial charge in [0.1, 0.15) is 17.7 Å². The van der Waals surface area contributed by atoms with Crippen LogP contribution < -0.4 is 0 Å². The highest BCUT2D eigenvalue weighted by atomic mass is 19.1. The van der Waals surface area contributed by atoms with Crippen molar-refractivity contribution in [2.75, 3.05) is 26.7 Å². The Morgan fingerprint density at radius 2 is 2.12 bits per heavy atom. The number of hydroxylamine groups is 2. The Morgan fingerprint density at radius 1 is 1.34 bits per heavy atom. The number of ether oxygens (including phenoxy) is 1. The van der Waals surface area contributed by atoms with Gasteiger partial charge in [-0.1, -0.05) is 12.1 Å². The molecule has 9 heteroatoms. The van der Waals surface area contributed by atoms with Crippen LogP contribution in [0.15, 0.2) is 42.7 Å². The van der Waals surface area contributed by atoms with E-state index >= 15 is 0 Å². The van der Waals surface area contributed by atoms with E-state index in [0.717, 1.165) is 41.4 Å².